The number of methoxy groups -OCH3 is 3. The molecule has 8 nitrogen and oxygen atoms in total. The minimum atomic E-state index is -4.54. The Hall–Kier alpha value is -4.54. The molecule has 0 radical (unpaired) electrons. The number of benzene rings is 3. The van der Waals surface area contributed by atoms with E-state index in [1.807, 2.05) is 30.3 Å². The van der Waals surface area contributed by atoms with Crippen LogP contribution in [0.3, 0.4) is 0 Å². The normalized spacial score (nSPS) is 12.3. The zero-order valence-electron chi connectivity index (χ0n) is 21.7. The van der Waals surface area contributed by atoms with E-state index >= 15 is 0 Å². The maximum atomic E-state index is 13.0. The van der Waals surface area contributed by atoms with Gasteiger partial charge in [0.2, 0.25) is 0 Å². The summed E-state index contributed by atoms with van der Waals surface area (Å²) in [5, 5.41) is 6.20. The van der Waals surface area contributed by atoms with E-state index in [1.165, 1.54) is 14.2 Å². The summed E-state index contributed by atoms with van der Waals surface area (Å²) in [5.41, 5.74) is 1.14. The van der Waals surface area contributed by atoms with Gasteiger partial charge in [-0.25, -0.2) is 4.79 Å². The van der Waals surface area contributed by atoms with E-state index in [1.54, 1.807) is 26.4 Å². The zero-order valence-corrected chi connectivity index (χ0v) is 21.7. The third-order valence-electron chi connectivity index (χ3n) is 5.78. The van der Waals surface area contributed by atoms with E-state index in [0.717, 1.165) is 35.4 Å². The summed E-state index contributed by atoms with van der Waals surface area (Å²) in [6.07, 6.45) is -4.48. The first kappa shape index (κ1) is 29.0. The fraction of sp³-hybridized carbons (Fsp3) is 0.250. The Morgan fingerprint density at radius 3 is 1.95 bits per heavy atom. The van der Waals surface area contributed by atoms with Crippen molar-refractivity contribution in [3.8, 4) is 22.6 Å². The Morgan fingerprint density at radius 2 is 1.46 bits per heavy atom. The first-order chi connectivity index (χ1) is 18.6. The third-order valence-corrected chi connectivity index (χ3v) is 5.78. The van der Waals surface area contributed by atoms with Gasteiger partial charge in [0, 0.05) is 12.0 Å². The number of alkyl halides is 3. The van der Waals surface area contributed by atoms with Crippen molar-refractivity contribution in [3.63, 3.8) is 0 Å². The monoisotopic (exact) mass is 544 g/mol. The van der Waals surface area contributed by atoms with Crippen molar-refractivity contribution in [1.82, 2.24) is 5.32 Å². The molecule has 1 amide bonds. The molecule has 0 aliphatic carbocycles. The number of nitrogens with zero attached hydrogens (tertiary/aromatic N) is 1. The molecule has 11 heteroatoms. The molecule has 0 aromatic heterocycles. The van der Waals surface area contributed by atoms with Gasteiger partial charge in [-0.3, -0.25) is 4.79 Å². The predicted octanol–water partition coefficient (Wildman–Crippen LogP) is 4.64. The summed E-state index contributed by atoms with van der Waals surface area (Å²) >= 11 is 0. The van der Waals surface area contributed by atoms with E-state index < -0.39 is 29.7 Å². The number of halogens is 3. The minimum Gasteiger partial charge on any atom is -0.496 e. The van der Waals surface area contributed by atoms with Crippen molar-refractivity contribution in [2.75, 3.05) is 28.4 Å². The van der Waals surface area contributed by atoms with Gasteiger partial charge in [0.25, 0.3) is 5.91 Å². The van der Waals surface area contributed by atoms with Gasteiger partial charge < -0.3 is 24.4 Å². The Morgan fingerprint density at radius 1 is 0.872 bits per heavy atom. The molecule has 1 atom stereocenters. The Balaban J connectivity index is 1.83. The molecule has 0 bridgehead atoms. The van der Waals surface area contributed by atoms with Gasteiger partial charge in [-0.2, -0.15) is 13.2 Å². The van der Waals surface area contributed by atoms with Crippen LogP contribution in [-0.2, 0) is 31.8 Å². The van der Waals surface area contributed by atoms with Crippen LogP contribution in [0.15, 0.2) is 71.9 Å². The number of hydrogen-bond donors (Lipinski definition) is 1. The van der Waals surface area contributed by atoms with Crippen LogP contribution in [0.4, 0.5) is 13.2 Å². The number of carbonyl (C=O) groups excluding carboxylic acids is 2. The molecule has 3 aromatic carbocycles. The number of rotatable bonds is 10. The van der Waals surface area contributed by atoms with Gasteiger partial charge in [0.15, 0.2) is 5.71 Å². The summed E-state index contributed by atoms with van der Waals surface area (Å²) in [7, 11) is 5.48. The van der Waals surface area contributed by atoms with Gasteiger partial charge in [-0.15, -0.1) is 0 Å². The Labute approximate surface area is 223 Å². The lowest BCUT2D eigenvalue weighted by atomic mass is 9.99. The Bertz CT molecular complexity index is 1300. The number of esters is 1. The molecule has 3 rings (SSSR count). The second-order valence-corrected chi connectivity index (χ2v) is 8.19. The van der Waals surface area contributed by atoms with Gasteiger partial charge in [-0.05, 0) is 35.4 Å². The number of nitrogens with one attached hydrogen (secondary N) is 1. The summed E-state index contributed by atoms with van der Waals surface area (Å²) in [6.45, 7) is 0. The first-order valence-corrected chi connectivity index (χ1v) is 11.6. The van der Waals surface area contributed by atoms with Crippen molar-refractivity contribution in [2.24, 2.45) is 5.16 Å². The number of hydrogen-bond acceptors (Lipinski definition) is 7. The SMILES string of the molecule is CON=C(C(=O)N[C@@H](Cc1ccc(-c2c(OC)cccc2OC)cc1)C(=O)OC)c1ccc(C(F)(F)F)cc1. The molecule has 39 heavy (non-hydrogen) atoms. The van der Waals surface area contributed by atoms with Crippen LogP contribution in [0, 0.1) is 0 Å². The molecule has 0 saturated carbocycles. The highest BCUT2D eigenvalue weighted by molar-refractivity contribution is 6.45. The summed E-state index contributed by atoms with van der Waals surface area (Å²) in [4.78, 5) is 30.3. The molecule has 0 aliphatic rings. The van der Waals surface area contributed by atoms with Gasteiger partial charge in [-0.1, -0.05) is 47.6 Å². The average molecular weight is 545 g/mol. The van der Waals surface area contributed by atoms with E-state index in [-0.39, 0.29) is 17.7 Å². The largest absolute Gasteiger partial charge is 0.496 e. The summed E-state index contributed by atoms with van der Waals surface area (Å²) < 4.78 is 54.6. The second-order valence-electron chi connectivity index (χ2n) is 8.19. The molecule has 206 valence electrons. The van der Waals surface area contributed by atoms with E-state index in [4.69, 9.17) is 19.0 Å². The van der Waals surface area contributed by atoms with Crippen LogP contribution in [0.2, 0.25) is 0 Å². The van der Waals surface area contributed by atoms with E-state index in [0.29, 0.717) is 17.1 Å². The van der Waals surface area contributed by atoms with Gasteiger partial charge in [0.05, 0.1) is 32.5 Å². The molecule has 3 aromatic rings. The quantitative estimate of drug-likeness (QED) is 0.227. The standard InChI is InChI=1S/C28H27F3N2O6/c1-36-22-6-5-7-23(37-2)24(22)18-10-8-17(9-11-18)16-21(27(35)38-3)32-26(34)25(33-39-4)19-12-14-20(15-13-19)28(29,30)31/h5-15,21H,16H2,1-4H3,(H,32,34)/t21-/m0/s1. The van der Waals surface area contributed by atoms with Crippen LogP contribution in [0.1, 0.15) is 16.7 Å². The second kappa shape index (κ2) is 12.8. The van der Waals surface area contributed by atoms with Crippen molar-refractivity contribution in [3.05, 3.63) is 83.4 Å². The number of amides is 1. The molecular formula is C28H27F3N2O6. The average Bonchev–Trinajstić information content (AvgIpc) is 2.94. The molecule has 1 N–H and O–H groups in total. The van der Waals surface area contributed by atoms with Crippen molar-refractivity contribution in [2.45, 2.75) is 18.6 Å². The van der Waals surface area contributed by atoms with Crippen molar-refractivity contribution < 1.29 is 41.8 Å². The van der Waals surface area contributed by atoms with Crippen LogP contribution >= 0.6 is 0 Å². The number of oxime groups is 1. The minimum absolute atomic E-state index is 0.0645. The molecule has 0 fully saturated rings. The highest BCUT2D eigenvalue weighted by atomic mass is 19.4. The lowest BCUT2D eigenvalue weighted by molar-refractivity contribution is -0.144. The lowest BCUT2D eigenvalue weighted by Crippen LogP contribution is -2.46. The fourth-order valence-corrected chi connectivity index (χ4v) is 3.87. The van der Waals surface area contributed by atoms with Crippen LogP contribution in [0.25, 0.3) is 11.1 Å². The molecule has 0 spiro atoms. The number of carbonyl (C=O) groups is 2. The summed E-state index contributed by atoms with van der Waals surface area (Å²) in [6, 6.07) is 15.4. The molecule has 0 saturated heterocycles. The van der Waals surface area contributed by atoms with E-state index in [2.05, 4.69) is 10.5 Å². The molecule has 0 heterocycles. The van der Waals surface area contributed by atoms with Crippen molar-refractivity contribution in [1.29, 1.82) is 0 Å². The highest BCUT2D eigenvalue weighted by Gasteiger charge is 2.31. The Kier molecular flexibility index (Phi) is 9.53. The first-order valence-electron chi connectivity index (χ1n) is 11.6. The van der Waals surface area contributed by atoms with Crippen molar-refractivity contribution >= 4 is 17.6 Å². The molecular weight excluding hydrogens is 517 g/mol. The van der Waals surface area contributed by atoms with Gasteiger partial charge >= 0.3 is 12.1 Å². The van der Waals surface area contributed by atoms with E-state index in [9.17, 15) is 22.8 Å². The molecule has 0 aliphatic heterocycles. The maximum absolute atomic E-state index is 13.0. The fourth-order valence-electron chi connectivity index (χ4n) is 3.87. The van der Waals surface area contributed by atoms with Crippen LogP contribution in [-0.4, -0.2) is 52.1 Å². The lowest BCUT2D eigenvalue weighted by Gasteiger charge is -2.18. The predicted molar refractivity (Wildman–Crippen MR) is 138 cm³/mol. The van der Waals surface area contributed by atoms with Crippen LogP contribution < -0.4 is 14.8 Å². The smallest absolute Gasteiger partial charge is 0.416 e. The topological polar surface area (TPSA) is 95.5 Å². The summed E-state index contributed by atoms with van der Waals surface area (Å²) in [5.74, 6) is -0.310. The van der Waals surface area contributed by atoms with Gasteiger partial charge in [0.1, 0.15) is 24.7 Å². The highest BCUT2D eigenvalue weighted by Crippen LogP contribution is 2.38. The zero-order chi connectivity index (χ0) is 28.6. The maximum Gasteiger partial charge on any atom is 0.416 e. The molecule has 0 unspecified atom stereocenters. The third kappa shape index (κ3) is 7.07. The number of ether oxygens (including phenoxy) is 3. The van der Waals surface area contributed by atoms with Crippen LogP contribution in [0.5, 0.6) is 11.5 Å².